The maximum Gasteiger partial charge on any atom is 0.278 e. The van der Waals surface area contributed by atoms with Crippen LogP contribution in [0.25, 0.3) is 0 Å². The van der Waals surface area contributed by atoms with Crippen LogP contribution in [0.4, 0.5) is 0 Å². The second-order valence-electron chi connectivity index (χ2n) is 7.61. The lowest BCUT2D eigenvalue weighted by atomic mass is 9.98. The molecule has 0 saturated heterocycles. The van der Waals surface area contributed by atoms with Crippen LogP contribution in [0.5, 0.6) is 5.75 Å². The zero-order valence-corrected chi connectivity index (χ0v) is 17.5. The van der Waals surface area contributed by atoms with Crippen molar-refractivity contribution < 1.29 is 14.6 Å². The van der Waals surface area contributed by atoms with Gasteiger partial charge in [0.1, 0.15) is 6.67 Å². The summed E-state index contributed by atoms with van der Waals surface area (Å²) in [5.41, 5.74) is 1.41. The number of rotatable bonds is 6. The Kier molecular flexibility index (Phi) is 5.77. The number of fused-ring (bicyclic) bond motifs is 1. The van der Waals surface area contributed by atoms with E-state index in [-0.39, 0.29) is 24.4 Å². The topological polar surface area (TPSA) is 75.0 Å². The first-order chi connectivity index (χ1) is 15.0. The number of benzene rings is 2. The van der Waals surface area contributed by atoms with E-state index in [0.717, 1.165) is 11.1 Å². The largest absolute Gasteiger partial charge is 0.502 e. The molecule has 4 rings (SSSR count). The van der Waals surface area contributed by atoms with Gasteiger partial charge < -0.3 is 14.7 Å². The van der Waals surface area contributed by atoms with Crippen LogP contribution < -0.4 is 10.4 Å². The molecule has 1 unspecified atom stereocenters. The molecule has 7 nitrogen and oxygen atoms in total. The summed E-state index contributed by atoms with van der Waals surface area (Å²) >= 11 is 0. The van der Waals surface area contributed by atoms with E-state index in [2.05, 4.69) is 0 Å². The number of hydrogen-bond donors (Lipinski definition) is 1. The summed E-state index contributed by atoms with van der Waals surface area (Å²) in [5, 5.41) is 12.5. The molecule has 1 aliphatic rings. The SMILES string of the molecule is COCC(C)N1CN(C(c2ccccc2)c2ccccc2)n2ccc(=O)c(O)c2C1=O. The number of hydrogen-bond acceptors (Lipinski definition) is 5. The fraction of sp³-hybridized carbons (Fsp3) is 0.250. The molecule has 0 radical (unpaired) electrons. The molecular weight excluding hydrogens is 394 g/mol. The van der Waals surface area contributed by atoms with Crippen molar-refractivity contribution in [3.05, 3.63) is 100.0 Å². The van der Waals surface area contributed by atoms with Crippen LogP contribution in [0.1, 0.15) is 34.6 Å². The van der Waals surface area contributed by atoms with Crippen LogP contribution in [0.2, 0.25) is 0 Å². The minimum absolute atomic E-state index is 0.0430. The number of methoxy groups -OCH3 is 1. The Morgan fingerprint density at radius 1 is 0.968 bits per heavy atom. The maximum atomic E-state index is 13.3. The Hall–Kier alpha value is -3.58. The average molecular weight is 419 g/mol. The van der Waals surface area contributed by atoms with Crippen LogP contribution in [0, 0.1) is 0 Å². The highest BCUT2D eigenvalue weighted by atomic mass is 16.5. The van der Waals surface area contributed by atoms with Gasteiger partial charge in [-0.2, -0.15) is 0 Å². The second-order valence-corrected chi connectivity index (χ2v) is 7.61. The number of aromatic hydroxyl groups is 1. The Balaban J connectivity index is 1.92. The summed E-state index contributed by atoms with van der Waals surface area (Å²) in [6.07, 6.45) is 1.55. The summed E-state index contributed by atoms with van der Waals surface area (Å²) in [7, 11) is 1.58. The molecule has 1 aromatic heterocycles. The molecule has 3 aromatic rings. The molecule has 0 bridgehead atoms. The zero-order valence-electron chi connectivity index (χ0n) is 17.5. The fourth-order valence-corrected chi connectivity index (χ4v) is 4.04. The Labute approximate surface area is 180 Å². The minimum atomic E-state index is -0.586. The summed E-state index contributed by atoms with van der Waals surface area (Å²) in [6, 6.07) is 20.7. The molecule has 1 amide bonds. The molecule has 7 heteroatoms. The van der Waals surface area contributed by atoms with Gasteiger partial charge in [0.25, 0.3) is 5.91 Å². The van der Waals surface area contributed by atoms with Gasteiger partial charge in [0.05, 0.1) is 18.7 Å². The van der Waals surface area contributed by atoms with Gasteiger partial charge >= 0.3 is 0 Å². The fourth-order valence-electron chi connectivity index (χ4n) is 4.04. The molecule has 0 aliphatic carbocycles. The van der Waals surface area contributed by atoms with Crippen LogP contribution in [0.3, 0.4) is 0 Å². The number of pyridine rings is 1. The van der Waals surface area contributed by atoms with Crippen LogP contribution in [0.15, 0.2) is 77.7 Å². The predicted molar refractivity (Wildman–Crippen MR) is 118 cm³/mol. The first-order valence-electron chi connectivity index (χ1n) is 10.1. The molecule has 1 atom stereocenters. The van der Waals surface area contributed by atoms with Gasteiger partial charge in [-0.3, -0.25) is 19.3 Å². The van der Waals surface area contributed by atoms with E-state index in [0.29, 0.717) is 6.61 Å². The number of amides is 1. The average Bonchev–Trinajstić information content (AvgIpc) is 2.79. The summed E-state index contributed by atoms with van der Waals surface area (Å²) < 4.78 is 6.87. The highest BCUT2D eigenvalue weighted by Gasteiger charge is 2.38. The lowest BCUT2D eigenvalue weighted by Gasteiger charge is -2.45. The maximum absolute atomic E-state index is 13.3. The van der Waals surface area contributed by atoms with Crippen molar-refractivity contribution in [1.82, 2.24) is 9.58 Å². The highest BCUT2D eigenvalue weighted by Crippen LogP contribution is 2.32. The predicted octanol–water partition coefficient (Wildman–Crippen LogP) is 2.73. The van der Waals surface area contributed by atoms with Gasteiger partial charge in [-0.25, -0.2) is 0 Å². The normalized spacial score (nSPS) is 14.6. The van der Waals surface area contributed by atoms with Crippen molar-refractivity contribution in [3.8, 4) is 5.75 Å². The smallest absolute Gasteiger partial charge is 0.278 e. The number of carbonyl (C=O) groups is 1. The Bertz CT molecular complexity index is 1080. The monoisotopic (exact) mass is 419 g/mol. The second kappa shape index (κ2) is 8.65. The van der Waals surface area contributed by atoms with E-state index >= 15 is 0 Å². The molecule has 2 heterocycles. The van der Waals surface area contributed by atoms with Gasteiger partial charge in [-0.05, 0) is 18.1 Å². The first-order valence-corrected chi connectivity index (χ1v) is 10.1. The minimum Gasteiger partial charge on any atom is -0.502 e. The number of nitrogens with zero attached hydrogens (tertiary/aromatic N) is 3. The van der Waals surface area contributed by atoms with E-state index in [1.165, 1.54) is 6.07 Å². The Morgan fingerprint density at radius 2 is 1.55 bits per heavy atom. The van der Waals surface area contributed by atoms with E-state index < -0.39 is 17.1 Å². The third-order valence-electron chi connectivity index (χ3n) is 5.56. The number of carbonyl (C=O) groups excluding carboxylic acids is 1. The van der Waals surface area contributed by atoms with Crippen molar-refractivity contribution in [3.63, 3.8) is 0 Å². The molecular formula is C24H25N3O4. The standard InChI is InChI=1S/C24H25N3O4/c1-17(15-31-2)25-16-27(26-14-13-20(28)23(29)22(26)24(25)30)21(18-9-5-3-6-10-18)19-11-7-4-8-12-19/h3-14,17,21,29H,15-16H2,1-2H3. The van der Waals surface area contributed by atoms with Gasteiger partial charge in [0, 0.05) is 19.4 Å². The number of aromatic nitrogens is 1. The van der Waals surface area contributed by atoms with Crippen molar-refractivity contribution in [2.45, 2.75) is 19.0 Å². The van der Waals surface area contributed by atoms with E-state index in [4.69, 9.17) is 4.74 Å². The van der Waals surface area contributed by atoms with Gasteiger partial charge in [-0.15, -0.1) is 0 Å². The number of ether oxygens (including phenoxy) is 1. The third-order valence-corrected chi connectivity index (χ3v) is 5.56. The Morgan fingerprint density at radius 3 is 2.10 bits per heavy atom. The van der Waals surface area contributed by atoms with Crippen molar-refractivity contribution in [2.75, 3.05) is 25.4 Å². The quantitative estimate of drug-likeness (QED) is 0.665. The third kappa shape index (κ3) is 3.80. The molecule has 1 N–H and O–H groups in total. The van der Waals surface area contributed by atoms with Gasteiger partial charge in [-0.1, -0.05) is 60.7 Å². The molecule has 0 fully saturated rings. The van der Waals surface area contributed by atoms with Crippen LogP contribution >= 0.6 is 0 Å². The van der Waals surface area contributed by atoms with Crippen molar-refractivity contribution in [1.29, 1.82) is 0 Å². The van der Waals surface area contributed by atoms with Crippen LogP contribution in [-0.2, 0) is 4.74 Å². The van der Waals surface area contributed by atoms with Crippen molar-refractivity contribution >= 4 is 5.91 Å². The van der Waals surface area contributed by atoms with Gasteiger partial charge in [0.15, 0.2) is 11.4 Å². The molecule has 31 heavy (non-hydrogen) atoms. The zero-order chi connectivity index (χ0) is 22.0. The molecule has 1 aliphatic heterocycles. The lowest BCUT2D eigenvalue weighted by molar-refractivity contribution is 0.0472. The summed E-state index contributed by atoms with van der Waals surface area (Å²) in [6.45, 7) is 2.47. The van der Waals surface area contributed by atoms with E-state index in [9.17, 15) is 14.7 Å². The highest BCUT2D eigenvalue weighted by molar-refractivity contribution is 5.96. The first kappa shape index (κ1) is 20.7. The molecule has 160 valence electrons. The summed E-state index contributed by atoms with van der Waals surface area (Å²) in [4.78, 5) is 27.1. The molecule has 2 aromatic carbocycles. The summed E-state index contributed by atoms with van der Waals surface area (Å²) in [5.74, 6) is -0.956. The molecule has 0 spiro atoms. The van der Waals surface area contributed by atoms with Gasteiger partial charge in [0.2, 0.25) is 5.43 Å². The van der Waals surface area contributed by atoms with Crippen LogP contribution in [-0.4, -0.2) is 47.0 Å². The lowest BCUT2D eigenvalue weighted by Crippen LogP contribution is -2.58. The van der Waals surface area contributed by atoms with E-state index in [1.807, 2.05) is 72.6 Å². The van der Waals surface area contributed by atoms with E-state index in [1.54, 1.807) is 22.9 Å². The van der Waals surface area contributed by atoms with Crippen molar-refractivity contribution in [2.24, 2.45) is 0 Å². The molecule has 0 saturated carbocycles.